The monoisotopic (exact) mass is 296 g/mol. The molecule has 3 nitrogen and oxygen atoms in total. The van der Waals surface area contributed by atoms with Crippen molar-refractivity contribution in [3.63, 3.8) is 0 Å². The van der Waals surface area contributed by atoms with E-state index >= 15 is 0 Å². The highest BCUT2D eigenvalue weighted by Gasteiger charge is 2.27. The van der Waals surface area contributed by atoms with Gasteiger partial charge in [-0.3, -0.25) is 4.79 Å². The minimum absolute atomic E-state index is 0. The van der Waals surface area contributed by atoms with Crippen LogP contribution in [-0.4, -0.2) is 29.9 Å². The maximum atomic E-state index is 12.2. The molecule has 20 heavy (non-hydrogen) atoms. The van der Waals surface area contributed by atoms with Crippen molar-refractivity contribution in [1.29, 1.82) is 0 Å². The SMILES string of the molecule is CC(N)C(C)C(=O)N1CCC(c2ccccc2)CC1.Cl. The molecule has 0 saturated carbocycles. The van der Waals surface area contributed by atoms with Gasteiger partial charge in [-0.25, -0.2) is 0 Å². The molecule has 0 aromatic heterocycles. The lowest BCUT2D eigenvalue weighted by Gasteiger charge is -2.34. The maximum absolute atomic E-state index is 12.2. The van der Waals surface area contributed by atoms with E-state index in [4.69, 9.17) is 5.73 Å². The molecule has 0 spiro atoms. The van der Waals surface area contributed by atoms with Gasteiger partial charge in [0.05, 0.1) is 5.92 Å². The van der Waals surface area contributed by atoms with Crippen LogP contribution in [0.25, 0.3) is 0 Å². The van der Waals surface area contributed by atoms with Crippen molar-refractivity contribution < 1.29 is 4.79 Å². The predicted molar refractivity (Wildman–Crippen MR) is 85.1 cm³/mol. The van der Waals surface area contributed by atoms with Crippen molar-refractivity contribution in [2.24, 2.45) is 11.7 Å². The van der Waals surface area contributed by atoms with Crippen LogP contribution in [0, 0.1) is 5.92 Å². The highest BCUT2D eigenvalue weighted by atomic mass is 35.5. The van der Waals surface area contributed by atoms with E-state index in [9.17, 15) is 4.79 Å². The van der Waals surface area contributed by atoms with Gasteiger partial charge >= 0.3 is 0 Å². The van der Waals surface area contributed by atoms with Gasteiger partial charge in [0.1, 0.15) is 0 Å². The average Bonchev–Trinajstić information content (AvgIpc) is 2.46. The molecule has 0 aliphatic carbocycles. The zero-order valence-electron chi connectivity index (χ0n) is 12.3. The second-order valence-electron chi connectivity index (χ2n) is 5.66. The second-order valence-corrected chi connectivity index (χ2v) is 5.66. The fraction of sp³-hybridized carbons (Fsp3) is 0.562. The molecule has 1 aromatic rings. The van der Waals surface area contributed by atoms with Gasteiger partial charge in [-0.15, -0.1) is 12.4 Å². The molecule has 1 aromatic carbocycles. The minimum atomic E-state index is -0.0757. The number of benzene rings is 1. The number of nitrogens with zero attached hydrogens (tertiary/aromatic N) is 1. The number of hydrogen-bond acceptors (Lipinski definition) is 2. The van der Waals surface area contributed by atoms with Gasteiger partial charge in [0.15, 0.2) is 0 Å². The Morgan fingerprint density at radius 2 is 1.75 bits per heavy atom. The van der Waals surface area contributed by atoms with Crippen LogP contribution in [0.4, 0.5) is 0 Å². The van der Waals surface area contributed by atoms with Crippen LogP contribution >= 0.6 is 12.4 Å². The number of likely N-dealkylation sites (tertiary alicyclic amines) is 1. The molecule has 0 bridgehead atoms. The molecule has 2 rings (SSSR count). The van der Waals surface area contributed by atoms with E-state index in [1.165, 1.54) is 5.56 Å². The minimum Gasteiger partial charge on any atom is -0.342 e. The van der Waals surface area contributed by atoms with E-state index in [1.807, 2.05) is 24.8 Å². The molecule has 2 unspecified atom stereocenters. The van der Waals surface area contributed by atoms with Crippen LogP contribution in [0.1, 0.15) is 38.2 Å². The Labute approximate surface area is 127 Å². The van der Waals surface area contributed by atoms with Gasteiger partial charge in [-0.1, -0.05) is 37.3 Å². The van der Waals surface area contributed by atoms with Crippen LogP contribution in [-0.2, 0) is 4.79 Å². The van der Waals surface area contributed by atoms with Crippen molar-refractivity contribution >= 4 is 18.3 Å². The molecule has 0 radical (unpaired) electrons. The highest BCUT2D eigenvalue weighted by Crippen LogP contribution is 2.28. The molecule has 1 saturated heterocycles. The molecule has 1 heterocycles. The number of amides is 1. The van der Waals surface area contributed by atoms with E-state index in [1.54, 1.807) is 0 Å². The van der Waals surface area contributed by atoms with Gasteiger partial charge in [-0.2, -0.15) is 0 Å². The Morgan fingerprint density at radius 3 is 2.25 bits per heavy atom. The normalized spacial score (nSPS) is 19.1. The van der Waals surface area contributed by atoms with Crippen molar-refractivity contribution in [3.8, 4) is 0 Å². The van der Waals surface area contributed by atoms with Crippen molar-refractivity contribution in [3.05, 3.63) is 35.9 Å². The molecule has 4 heteroatoms. The summed E-state index contributed by atoms with van der Waals surface area (Å²) in [6, 6.07) is 10.5. The van der Waals surface area contributed by atoms with Crippen molar-refractivity contribution in [1.82, 2.24) is 4.90 Å². The summed E-state index contributed by atoms with van der Waals surface area (Å²) in [5.74, 6) is 0.727. The third-order valence-electron chi connectivity index (χ3n) is 4.26. The number of hydrogen-bond donors (Lipinski definition) is 1. The summed E-state index contributed by atoms with van der Waals surface area (Å²) in [5.41, 5.74) is 7.21. The lowest BCUT2D eigenvalue weighted by Crippen LogP contribution is -2.45. The third kappa shape index (κ3) is 3.97. The summed E-state index contributed by atoms with van der Waals surface area (Å²) in [6.07, 6.45) is 2.11. The quantitative estimate of drug-likeness (QED) is 0.932. The Hall–Kier alpha value is -1.06. The van der Waals surface area contributed by atoms with Gasteiger partial charge in [-0.05, 0) is 31.2 Å². The zero-order valence-corrected chi connectivity index (χ0v) is 13.1. The summed E-state index contributed by atoms with van der Waals surface area (Å²) in [7, 11) is 0. The van der Waals surface area contributed by atoms with Gasteiger partial charge < -0.3 is 10.6 Å². The topological polar surface area (TPSA) is 46.3 Å². The third-order valence-corrected chi connectivity index (χ3v) is 4.26. The first-order chi connectivity index (χ1) is 9.09. The largest absolute Gasteiger partial charge is 0.342 e. The summed E-state index contributed by atoms with van der Waals surface area (Å²) in [6.45, 7) is 5.54. The number of halogens is 1. The lowest BCUT2D eigenvalue weighted by molar-refractivity contribution is -0.136. The smallest absolute Gasteiger partial charge is 0.226 e. The van der Waals surface area contributed by atoms with Crippen LogP contribution in [0.5, 0.6) is 0 Å². The average molecular weight is 297 g/mol. The van der Waals surface area contributed by atoms with E-state index in [0.29, 0.717) is 5.92 Å². The molecule has 1 aliphatic rings. The molecule has 112 valence electrons. The fourth-order valence-electron chi connectivity index (χ4n) is 2.67. The molecular formula is C16H25ClN2O. The molecule has 1 fully saturated rings. The zero-order chi connectivity index (χ0) is 13.8. The predicted octanol–water partition coefficient (Wildman–Crippen LogP) is 2.80. The van der Waals surface area contributed by atoms with E-state index in [2.05, 4.69) is 24.3 Å². The first-order valence-electron chi connectivity index (χ1n) is 7.19. The summed E-state index contributed by atoms with van der Waals surface area (Å²) in [4.78, 5) is 14.2. The molecule has 1 aliphatic heterocycles. The Balaban J connectivity index is 0.00000200. The number of rotatable bonds is 3. The molecular weight excluding hydrogens is 272 g/mol. The van der Waals surface area contributed by atoms with Crippen molar-refractivity contribution in [2.75, 3.05) is 13.1 Å². The Bertz CT molecular complexity index is 414. The van der Waals surface area contributed by atoms with Crippen LogP contribution in [0.15, 0.2) is 30.3 Å². The summed E-state index contributed by atoms with van der Waals surface area (Å²) in [5, 5.41) is 0. The molecule has 1 amide bonds. The standard InChI is InChI=1S/C16H24N2O.ClH/c1-12(13(2)17)16(19)18-10-8-15(9-11-18)14-6-4-3-5-7-14;/h3-7,12-13,15H,8-11,17H2,1-2H3;1H. The van der Waals surface area contributed by atoms with Gasteiger partial charge in [0.2, 0.25) is 5.91 Å². The summed E-state index contributed by atoms with van der Waals surface area (Å²) < 4.78 is 0. The second kappa shape index (κ2) is 7.65. The van der Waals surface area contributed by atoms with Gasteiger partial charge in [0, 0.05) is 19.1 Å². The van der Waals surface area contributed by atoms with E-state index in [-0.39, 0.29) is 30.3 Å². The van der Waals surface area contributed by atoms with Gasteiger partial charge in [0.25, 0.3) is 0 Å². The Morgan fingerprint density at radius 1 is 1.20 bits per heavy atom. The first-order valence-corrected chi connectivity index (χ1v) is 7.19. The number of carbonyl (C=O) groups excluding carboxylic acids is 1. The number of nitrogens with two attached hydrogens (primary N) is 1. The fourth-order valence-corrected chi connectivity index (χ4v) is 2.67. The first kappa shape index (κ1) is 17.0. The number of carbonyl (C=O) groups is 1. The van der Waals surface area contributed by atoms with Crippen LogP contribution < -0.4 is 5.73 Å². The molecule has 2 atom stereocenters. The van der Waals surface area contributed by atoms with Crippen LogP contribution in [0.3, 0.4) is 0 Å². The van der Waals surface area contributed by atoms with E-state index < -0.39 is 0 Å². The highest BCUT2D eigenvalue weighted by molar-refractivity contribution is 5.85. The number of piperidine rings is 1. The maximum Gasteiger partial charge on any atom is 0.226 e. The summed E-state index contributed by atoms with van der Waals surface area (Å²) >= 11 is 0. The molecule has 2 N–H and O–H groups in total. The van der Waals surface area contributed by atoms with Crippen molar-refractivity contribution in [2.45, 2.75) is 38.6 Å². The van der Waals surface area contributed by atoms with Crippen LogP contribution in [0.2, 0.25) is 0 Å². The lowest BCUT2D eigenvalue weighted by atomic mass is 9.89. The Kier molecular flexibility index (Phi) is 6.50. The van der Waals surface area contributed by atoms with E-state index in [0.717, 1.165) is 25.9 Å².